The van der Waals surface area contributed by atoms with Crippen LogP contribution >= 0.6 is 0 Å². The summed E-state index contributed by atoms with van der Waals surface area (Å²) in [6.45, 7) is 9.78. The number of amides is 1. The van der Waals surface area contributed by atoms with E-state index >= 15 is 0 Å². The second-order valence-electron chi connectivity index (χ2n) is 6.32. The van der Waals surface area contributed by atoms with Crippen molar-refractivity contribution in [2.75, 3.05) is 37.6 Å². The fourth-order valence-electron chi connectivity index (χ4n) is 2.96. The van der Waals surface area contributed by atoms with E-state index in [0.29, 0.717) is 6.54 Å². The maximum atomic E-state index is 11.9. The first-order chi connectivity index (χ1) is 11.0. The molecule has 0 spiro atoms. The lowest BCUT2D eigenvalue weighted by atomic mass is 10.3. The summed E-state index contributed by atoms with van der Waals surface area (Å²) >= 11 is 0. The highest BCUT2D eigenvalue weighted by Gasteiger charge is 2.22. The summed E-state index contributed by atoms with van der Waals surface area (Å²) in [5.41, 5.74) is 1.94. The van der Waals surface area contributed by atoms with Crippen molar-refractivity contribution in [2.24, 2.45) is 0 Å². The maximum absolute atomic E-state index is 11.9. The Balaban J connectivity index is 1.64. The van der Waals surface area contributed by atoms with Crippen LogP contribution in [-0.4, -0.2) is 64.5 Å². The van der Waals surface area contributed by atoms with Crippen molar-refractivity contribution in [1.29, 1.82) is 0 Å². The molecule has 7 nitrogen and oxygen atoms in total. The molecule has 1 aliphatic heterocycles. The number of H-pyrrole nitrogens is 1. The van der Waals surface area contributed by atoms with Crippen molar-refractivity contribution >= 4 is 22.8 Å². The van der Waals surface area contributed by atoms with Gasteiger partial charge >= 0.3 is 0 Å². The number of aromatic nitrogens is 3. The molecule has 23 heavy (non-hydrogen) atoms. The zero-order valence-corrected chi connectivity index (χ0v) is 14.0. The Morgan fingerprint density at radius 3 is 2.74 bits per heavy atom. The number of piperazine rings is 1. The molecule has 3 heterocycles. The van der Waals surface area contributed by atoms with Gasteiger partial charge in [0.05, 0.1) is 12.1 Å². The Kier molecular flexibility index (Phi) is 4.47. The lowest BCUT2D eigenvalue weighted by molar-refractivity contribution is -0.122. The van der Waals surface area contributed by atoms with E-state index in [1.165, 1.54) is 0 Å². The van der Waals surface area contributed by atoms with Crippen LogP contribution < -0.4 is 10.2 Å². The van der Waals surface area contributed by atoms with Crippen molar-refractivity contribution in [3.05, 3.63) is 18.1 Å². The number of anilines is 1. The second-order valence-corrected chi connectivity index (χ2v) is 6.32. The van der Waals surface area contributed by atoms with Gasteiger partial charge in [0.2, 0.25) is 5.91 Å². The van der Waals surface area contributed by atoms with E-state index in [0.717, 1.165) is 48.9 Å². The smallest absolute Gasteiger partial charge is 0.234 e. The van der Waals surface area contributed by atoms with Gasteiger partial charge in [0.15, 0.2) is 5.82 Å². The molecule has 124 valence electrons. The van der Waals surface area contributed by atoms with Crippen LogP contribution in [0, 0.1) is 6.92 Å². The fraction of sp³-hybridized carbons (Fsp3) is 0.562. The van der Waals surface area contributed by atoms with E-state index in [1.807, 2.05) is 33.0 Å². The summed E-state index contributed by atoms with van der Waals surface area (Å²) in [6, 6.07) is 2.16. The van der Waals surface area contributed by atoms with Crippen molar-refractivity contribution in [3.8, 4) is 0 Å². The van der Waals surface area contributed by atoms with Gasteiger partial charge < -0.3 is 15.2 Å². The molecular formula is C16H24N6O. The molecule has 0 atom stereocenters. The van der Waals surface area contributed by atoms with E-state index in [9.17, 15) is 4.79 Å². The van der Waals surface area contributed by atoms with Crippen LogP contribution in [0.25, 0.3) is 11.0 Å². The number of carbonyl (C=O) groups excluding carboxylic acids is 1. The van der Waals surface area contributed by atoms with Crippen molar-refractivity contribution in [1.82, 2.24) is 25.2 Å². The number of hydrogen-bond donors (Lipinski definition) is 2. The molecule has 1 aliphatic rings. The predicted octanol–water partition coefficient (Wildman–Crippen LogP) is 0.913. The topological polar surface area (TPSA) is 77.2 Å². The highest BCUT2D eigenvalue weighted by molar-refractivity contribution is 5.86. The molecule has 1 fully saturated rings. The van der Waals surface area contributed by atoms with Crippen molar-refractivity contribution < 1.29 is 4.79 Å². The zero-order valence-electron chi connectivity index (χ0n) is 14.0. The molecule has 0 saturated carbocycles. The molecular weight excluding hydrogens is 292 g/mol. The first-order valence-corrected chi connectivity index (χ1v) is 8.11. The molecule has 2 aromatic rings. The van der Waals surface area contributed by atoms with Crippen LogP contribution in [0.5, 0.6) is 0 Å². The van der Waals surface area contributed by atoms with Gasteiger partial charge in [-0.3, -0.25) is 9.69 Å². The van der Waals surface area contributed by atoms with Gasteiger partial charge in [0.25, 0.3) is 0 Å². The standard InChI is InChI=1S/C16H24N6O/c1-11(2)18-14(23)10-21-6-8-22(9-7-21)16-15-13(4-5-17-15)19-12(3)20-16/h4-5,11,17H,6-10H2,1-3H3,(H,18,23). The normalized spacial score (nSPS) is 16.3. The predicted molar refractivity (Wildman–Crippen MR) is 90.6 cm³/mol. The third kappa shape index (κ3) is 3.61. The number of nitrogens with one attached hydrogen (secondary N) is 2. The third-order valence-electron chi connectivity index (χ3n) is 3.99. The summed E-state index contributed by atoms with van der Waals surface area (Å²) in [4.78, 5) is 28.6. The van der Waals surface area contributed by atoms with Crippen LogP contribution in [0.4, 0.5) is 5.82 Å². The number of carbonyl (C=O) groups is 1. The summed E-state index contributed by atoms with van der Waals surface area (Å²) in [5, 5.41) is 2.94. The number of aryl methyl sites for hydroxylation is 1. The highest BCUT2D eigenvalue weighted by atomic mass is 16.2. The quantitative estimate of drug-likeness (QED) is 0.877. The number of nitrogens with zero attached hydrogens (tertiary/aromatic N) is 4. The molecule has 2 aromatic heterocycles. The number of rotatable bonds is 4. The molecule has 1 amide bonds. The van der Waals surface area contributed by atoms with Gasteiger partial charge in [-0.2, -0.15) is 0 Å². The SMILES string of the molecule is Cc1nc(N2CCN(CC(=O)NC(C)C)CC2)c2[nH]ccc2n1. The summed E-state index contributed by atoms with van der Waals surface area (Å²) in [5.74, 6) is 1.84. The molecule has 1 saturated heterocycles. The highest BCUT2D eigenvalue weighted by Crippen LogP contribution is 2.23. The van der Waals surface area contributed by atoms with Gasteiger partial charge in [0.1, 0.15) is 11.3 Å². The molecule has 3 rings (SSSR count). The fourth-order valence-corrected chi connectivity index (χ4v) is 2.96. The average molecular weight is 316 g/mol. The van der Waals surface area contributed by atoms with Crippen LogP contribution in [0.3, 0.4) is 0 Å². The van der Waals surface area contributed by atoms with E-state index in [-0.39, 0.29) is 11.9 Å². The lowest BCUT2D eigenvalue weighted by Crippen LogP contribution is -2.50. The Morgan fingerprint density at radius 1 is 1.30 bits per heavy atom. The molecule has 0 bridgehead atoms. The van der Waals surface area contributed by atoms with Crippen molar-refractivity contribution in [2.45, 2.75) is 26.8 Å². The summed E-state index contributed by atoms with van der Waals surface area (Å²) < 4.78 is 0. The molecule has 0 radical (unpaired) electrons. The molecule has 0 aromatic carbocycles. The monoisotopic (exact) mass is 316 g/mol. The Bertz CT molecular complexity index is 687. The van der Waals surface area contributed by atoms with Crippen molar-refractivity contribution in [3.63, 3.8) is 0 Å². The van der Waals surface area contributed by atoms with Gasteiger partial charge in [-0.25, -0.2) is 9.97 Å². The molecule has 7 heteroatoms. The van der Waals surface area contributed by atoms with Crippen LogP contribution in [0.15, 0.2) is 12.3 Å². The third-order valence-corrected chi connectivity index (χ3v) is 3.99. The largest absolute Gasteiger partial charge is 0.357 e. The van der Waals surface area contributed by atoms with Crippen LogP contribution in [-0.2, 0) is 4.79 Å². The first kappa shape index (κ1) is 15.7. The van der Waals surface area contributed by atoms with Crippen LogP contribution in [0.1, 0.15) is 19.7 Å². The minimum atomic E-state index is 0.0955. The van der Waals surface area contributed by atoms with E-state index in [2.05, 4.69) is 30.1 Å². The minimum Gasteiger partial charge on any atom is -0.357 e. The van der Waals surface area contributed by atoms with E-state index in [1.54, 1.807) is 0 Å². The van der Waals surface area contributed by atoms with Gasteiger partial charge in [-0.05, 0) is 26.8 Å². The number of aromatic amines is 1. The minimum absolute atomic E-state index is 0.0955. The summed E-state index contributed by atoms with van der Waals surface area (Å²) in [7, 11) is 0. The average Bonchev–Trinajstić information content (AvgIpc) is 2.94. The molecule has 2 N–H and O–H groups in total. The van der Waals surface area contributed by atoms with Crippen LogP contribution in [0.2, 0.25) is 0 Å². The summed E-state index contributed by atoms with van der Waals surface area (Å²) in [6.07, 6.45) is 1.90. The Labute approximate surface area is 136 Å². The number of hydrogen-bond acceptors (Lipinski definition) is 5. The molecule has 0 aliphatic carbocycles. The van der Waals surface area contributed by atoms with Gasteiger partial charge in [-0.15, -0.1) is 0 Å². The Morgan fingerprint density at radius 2 is 2.04 bits per heavy atom. The Hall–Kier alpha value is -2.15. The second kappa shape index (κ2) is 6.54. The van der Waals surface area contributed by atoms with Gasteiger partial charge in [0, 0.05) is 38.4 Å². The lowest BCUT2D eigenvalue weighted by Gasteiger charge is -2.35. The molecule has 0 unspecified atom stereocenters. The van der Waals surface area contributed by atoms with E-state index in [4.69, 9.17) is 0 Å². The van der Waals surface area contributed by atoms with Gasteiger partial charge in [-0.1, -0.05) is 0 Å². The maximum Gasteiger partial charge on any atom is 0.234 e. The van der Waals surface area contributed by atoms with E-state index < -0.39 is 0 Å². The first-order valence-electron chi connectivity index (χ1n) is 8.11. The zero-order chi connectivity index (χ0) is 16.4. The number of fused-ring (bicyclic) bond motifs is 1.